The molecule has 0 aliphatic rings. The standard InChI is InChI=1S/C16H24N2O3/c1-5-13(11-6-8-12(17)9-7-11)15(16(20)21)14(19)10-18(2,3)4/h5-9,13-15,19H,1,10,17H2,2-4H3/p+1. The molecule has 0 aliphatic heterocycles. The van der Waals surface area contributed by atoms with Crippen LogP contribution in [0.5, 0.6) is 0 Å². The van der Waals surface area contributed by atoms with Gasteiger partial charge >= 0.3 is 5.97 Å². The van der Waals surface area contributed by atoms with Crippen molar-refractivity contribution < 1.29 is 19.5 Å². The van der Waals surface area contributed by atoms with E-state index in [-0.39, 0.29) is 0 Å². The minimum atomic E-state index is -1.03. The Hall–Kier alpha value is -1.85. The average Bonchev–Trinajstić information content (AvgIpc) is 2.34. The third-order valence-corrected chi connectivity index (χ3v) is 3.40. The number of hydrogen-bond acceptors (Lipinski definition) is 3. The molecule has 1 aromatic rings. The summed E-state index contributed by atoms with van der Waals surface area (Å²) < 4.78 is 0.483. The average molecular weight is 293 g/mol. The Balaban J connectivity index is 3.09. The van der Waals surface area contributed by atoms with Crippen LogP contribution in [-0.4, -0.2) is 54.5 Å². The maximum atomic E-state index is 11.6. The molecule has 0 saturated heterocycles. The normalized spacial score (nSPS) is 16.0. The van der Waals surface area contributed by atoms with Gasteiger partial charge in [0.1, 0.15) is 12.6 Å². The fraction of sp³-hybridized carbons (Fsp3) is 0.438. The summed E-state index contributed by atoms with van der Waals surface area (Å²) >= 11 is 0. The Kier molecular flexibility index (Phi) is 5.52. The number of nitrogen functional groups attached to an aromatic ring is 1. The summed E-state index contributed by atoms with van der Waals surface area (Å²) in [6, 6.07) is 6.99. The molecule has 5 heteroatoms. The van der Waals surface area contributed by atoms with Crippen LogP contribution in [0.4, 0.5) is 5.69 Å². The summed E-state index contributed by atoms with van der Waals surface area (Å²) in [6.07, 6.45) is 0.603. The van der Waals surface area contributed by atoms with E-state index in [0.717, 1.165) is 5.56 Å². The van der Waals surface area contributed by atoms with Gasteiger partial charge in [0.2, 0.25) is 0 Å². The van der Waals surface area contributed by atoms with Crippen molar-refractivity contribution >= 4 is 11.7 Å². The number of aliphatic carboxylic acids is 1. The van der Waals surface area contributed by atoms with Crippen molar-refractivity contribution in [3.63, 3.8) is 0 Å². The molecule has 21 heavy (non-hydrogen) atoms. The highest BCUT2D eigenvalue weighted by molar-refractivity contribution is 5.72. The number of carbonyl (C=O) groups is 1. The molecular weight excluding hydrogens is 268 g/mol. The van der Waals surface area contributed by atoms with Gasteiger partial charge < -0.3 is 20.4 Å². The zero-order chi connectivity index (χ0) is 16.2. The van der Waals surface area contributed by atoms with Crippen molar-refractivity contribution in [1.29, 1.82) is 0 Å². The minimum Gasteiger partial charge on any atom is -0.481 e. The SMILES string of the molecule is C=CC(c1ccc(N)cc1)C(C(=O)O)C(O)C[N+](C)(C)C. The molecule has 1 aromatic carbocycles. The first-order valence-electron chi connectivity index (χ1n) is 6.85. The largest absolute Gasteiger partial charge is 0.481 e. The predicted octanol–water partition coefficient (Wildman–Crippen LogP) is 1.31. The number of carboxylic acid groups (broad SMARTS) is 1. The Morgan fingerprint density at radius 2 is 1.86 bits per heavy atom. The minimum absolute atomic E-state index is 0.344. The van der Waals surface area contributed by atoms with Gasteiger partial charge in [0, 0.05) is 11.6 Å². The van der Waals surface area contributed by atoms with Gasteiger partial charge in [-0.2, -0.15) is 0 Å². The van der Waals surface area contributed by atoms with Crippen molar-refractivity contribution in [2.75, 3.05) is 33.4 Å². The highest BCUT2D eigenvalue weighted by Gasteiger charge is 2.36. The van der Waals surface area contributed by atoms with Gasteiger partial charge in [-0.1, -0.05) is 18.2 Å². The molecule has 1 rings (SSSR count). The van der Waals surface area contributed by atoms with Gasteiger partial charge in [-0.05, 0) is 17.7 Å². The van der Waals surface area contributed by atoms with Gasteiger partial charge in [-0.25, -0.2) is 0 Å². The van der Waals surface area contributed by atoms with Crippen molar-refractivity contribution in [2.24, 2.45) is 5.92 Å². The van der Waals surface area contributed by atoms with E-state index >= 15 is 0 Å². The Labute approximate surface area is 125 Å². The Morgan fingerprint density at radius 1 is 1.33 bits per heavy atom. The van der Waals surface area contributed by atoms with Crippen molar-refractivity contribution in [3.05, 3.63) is 42.5 Å². The van der Waals surface area contributed by atoms with Crippen LogP contribution >= 0.6 is 0 Å². The first-order valence-corrected chi connectivity index (χ1v) is 6.85. The fourth-order valence-electron chi connectivity index (χ4n) is 2.44. The molecule has 0 fully saturated rings. The fourth-order valence-corrected chi connectivity index (χ4v) is 2.44. The molecule has 0 aromatic heterocycles. The first-order chi connectivity index (χ1) is 9.65. The molecule has 0 saturated carbocycles. The molecule has 116 valence electrons. The van der Waals surface area contributed by atoms with Gasteiger partial charge in [0.15, 0.2) is 0 Å². The van der Waals surface area contributed by atoms with E-state index in [1.54, 1.807) is 30.3 Å². The molecule has 3 unspecified atom stereocenters. The van der Waals surface area contributed by atoms with E-state index in [1.807, 2.05) is 21.1 Å². The topological polar surface area (TPSA) is 83.6 Å². The number of anilines is 1. The van der Waals surface area contributed by atoms with E-state index in [9.17, 15) is 15.0 Å². The summed E-state index contributed by atoms with van der Waals surface area (Å²) in [6.45, 7) is 4.07. The van der Waals surface area contributed by atoms with Gasteiger partial charge in [0.05, 0.1) is 27.1 Å². The maximum Gasteiger partial charge on any atom is 0.310 e. The number of aliphatic hydroxyl groups is 1. The smallest absolute Gasteiger partial charge is 0.310 e. The van der Waals surface area contributed by atoms with Crippen LogP contribution in [0.3, 0.4) is 0 Å². The van der Waals surface area contributed by atoms with Crippen LogP contribution in [0, 0.1) is 5.92 Å². The summed E-state index contributed by atoms with van der Waals surface area (Å²) in [4.78, 5) is 11.6. The zero-order valence-electron chi connectivity index (χ0n) is 12.9. The van der Waals surface area contributed by atoms with Gasteiger partial charge in [0.25, 0.3) is 0 Å². The third kappa shape index (κ3) is 4.88. The van der Waals surface area contributed by atoms with Crippen LogP contribution < -0.4 is 5.73 Å². The maximum absolute atomic E-state index is 11.6. The monoisotopic (exact) mass is 293 g/mol. The Morgan fingerprint density at radius 3 is 2.24 bits per heavy atom. The molecule has 0 aliphatic carbocycles. The number of carboxylic acids is 1. The summed E-state index contributed by atoms with van der Waals surface area (Å²) in [5, 5.41) is 19.9. The number of nitrogens with two attached hydrogens (primary N) is 1. The van der Waals surface area contributed by atoms with Gasteiger partial charge in [-0.15, -0.1) is 6.58 Å². The first kappa shape index (κ1) is 17.2. The lowest BCUT2D eigenvalue weighted by atomic mass is 9.82. The second kappa shape index (κ2) is 6.74. The second-order valence-corrected chi connectivity index (χ2v) is 6.33. The number of rotatable bonds is 7. The quantitative estimate of drug-likeness (QED) is 0.402. The van der Waals surface area contributed by atoms with E-state index in [4.69, 9.17) is 5.73 Å². The second-order valence-electron chi connectivity index (χ2n) is 6.33. The lowest BCUT2D eigenvalue weighted by Gasteiger charge is -2.32. The summed E-state index contributed by atoms with van der Waals surface area (Å²) in [5.41, 5.74) is 7.05. The highest BCUT2D eigenvalue weighted by Crippen LogP contribution is 2.30. The van der Waals surface area contributed by atoms with E-state index in [1.165, 1.54) is 0 Å². The zero-order valence-corrected chi connectivity index (χ0v) is 12.9. The number of hydrogen-bond donors (Lipinski definition) is 3. The van der Waals surface area contributed by atoms with E-state index < -0.39 is 23.9 Å². The molecule has 0 radical (unpaired) electrons. The van der Waals surface area contributed by atoms with Gasteiger partial charge in [-0.3, -0.25) is 4.79 Å². The van der Waals surface area contributed by atoms with Crippen LogP contribution in [0.15, 0.2) is 36.9 Å². The summed E-state index contributed by atoms with van der Waals surface area (Å²) in [5.74, 6) is -2.44. The summed E-state index contributed by atoms with van der Waals surface area (Å²) in [7, 11) is 5.73. The number of aliphatic hydroxyl groups excluding tert-OH is 1. The van der Waals surface area contributed by atoms with E-state index in [0.29, 0.717) is 16.7 Å². The number of allylic oxidation sites excluding steroid dienone is 1. The van der Waals surface area contributed by atoms with Crippen LogP contribution in [0.1, 0.15) is 11.5 Å². The lowest BCUT2D eigenvalue weighted by Crippen LogP contribution is -2.47. The number of quaternary nitrogens is 1. The van der Waals surface area contributed by atoms with Crippen molar-refractivity contribution in [1.82, 2.24) is 0 Å². The number of benzene rings is 1. The molecule has 0 amide bonds. The van der Waals surface area contributed by atoms with Crippen LogP contribution in [0.2, 0.25) is 0 Å². The molecule has 0 spiro atoms. The number of likely N-dealkylation sites (N-methyl/N-ethyl adjacent to an activating group) is 1. The van der Waals surface area contributed by atoms with Crippen LogP contribution in [-0.2, 0) is 4.79 Å². The third-order valence-electron chi connectivity index (χ3n) is 3.40. The van der Waals surface area contributed by atoms with Crippen LogP contribution in [0.25, 0.3) is 0 Å². The van der Waals surface area contributed by atoms with E-state index in [2.05, 4.69) is 6.58 Å². The van der Waals surface area contributed by atoms with Crippen molar-refractivity contribution in [3.8, 4) is 0 Å². The molecule has 5 nitrogen and oxygen atoms in total. The Bertz CT molecular complexity index is 491. The molecule has 0 bridgehead atoms. The lowest BCUT2D eigenvalue weighted by molar-refractivity contribution is -0.874. The molecular formula is C16H25N2O3+. The molecule has 0 heterocycles. The molecule has 4 N–H and O–H groups in total. The predicted molar refractivity (Wildman–Crippen MR) is 83.8 cm³/mol. The molecule has 3 atom stereocenters. The highest BCUT2D eigenvalue weighted by atomic mass is 16.4. The van der Waals surface area contributed by atoms with Crippen molar-refractivity contribution in [2.45, 2.75) is 12.0 Å². The number of nitrogens with zero attached hydrogens (tertiary/aromatic N) is 1.